The van der Waals surface area contributed by atoms with Crippen LogP contribution in [0.5, 0.6) is 0 Å². The Balaban J connectivity index is 1.36. The second-order valence-electron chi connectivity index (χ2n) is 6.50. The molecule has 0 bridgehead atoms. The molecule has 3 aromatic carbocycles. The molecule has 6 nitrogen and oxygen atoms in total. The highest BCUT2D eigenvalue weighted by Crippen LogP contribution is 2.19. The third-order valence-electron chi connectivity index (χ3n) is 4.47. The van der Waals surface area contributed by atoms with E-state index in [9.17, 15) is 9.18 Å². The zero-order valence-corrected chi connectivity index (χ0v) is 15.5. The zero-order chi connectivity index (χ0) is 20.1. The summed E-state index contributed by atoms with van der Waals surface area (Å²) < 4.78 is 14.6. The van der Waals surface area contributed by atoms with E-state index in [1.807, 2.05) is 54.6 Å². The van der Waals surface area contributed by atoms with Gasteiger partial charge in [0.15, 0.2) is 5.82 Å². The summed E-state index contributed by atoms with van der Waals surface area (Å²) in [7, 11) is 0. The molecule has 29 heavy (non-hydrogen) atoms. The molecule has 144 valence electrons. The second kappa shape index (κ2) is 8.43. The van der Waals surface area contributed by atoms with E-state index in [1.54, 1.807) is 12.1 Å². The van der Waals surface area contributed by atoms with E-state index < -0.39 is 0 Å². The van der Waals surface area contributed by atoms with Gasteiger partial charge < -0.3 is 5.32 Å². The van der Waals surface area contributed by atoms with E-state index in [2.05, 4.69) is 20.8 Å². The highest BCUT2D eigenvalue weighted by atomic mass is 19.1. The molecule has 0 aliphatic carbocycles. The molecule has 1 N–H and O–H groups in total. The number of halogens is 1. The average Bonchev–Trinajstić information content (AvgIpc) is 3.23. The number of benzene rings is 3. The Morgan fingerprint density at radius 2 is 1.59 bits per heavy atom. The van der Waals surface area contributed by atoms with E-state index in [0.29, 0.717) is 11.5 Å². The highest BCUT2D eigenvalue weighted by molar-refractivity contribution is 5.78. The van der Waals surface area contributed by atoms with Crippen molar-refractivity contribution in [2.75, 3.05) is 0 Å². The summed E-state index contributed by atoms with van der Waals surface area (Å²) in [6, 6.07) is 23.8. The van der Waals surface area contributed by atoms with Crippen LogP contribution in [0.15, 0.2) is 78.9 Å². The largest absolute Gasteiger partial charge is 0.348 e. The number of nitrogens with zero attached hydrogens (tertiary/aromatic N) is 4. The van der Waals surface area contributed by atoms with Crippen molar-refractivity contribution in [1.82, 2.24) is 25.5 Å². The summed E-state index contributed by atoms with van der Waals surface area (Å²) in [6.45, 7) is 0.172. The Bertz CT molecular complexity index is 1090. The maximum Gasteiger partial charge on any atom is 0.224 e. The van der Waals surface area contributed by atoms with Crippen LogP contribution >= 0.6 is 0 Å². The molecular weight excluding hydrogens is 369 g/mol. The van der Waals surface area contributed by atoms with Crippen molar-refractivity contribution < 1.29 is 9.18 Å². The van der Waals surface area contributed by atoms with Crippen molar-refractivity contribution in [3.05, 3.63) is 96.1 Å². The van der Waals surface area contributed by atoms with E-state index >= 15 is 0 Å². The normalized spacial score (nSPS) is 10.7. The monoisotopic (exact) mass is 387 g/mol. The van der Waals surface area contributed by atoms with Crippen LogP contribution in [-0.4, -0.2) is 26.1 Å². The van der Waals surface area contributed by atoms with Gasteiger partial charge in [0.2, 0.25) is 5.91 Å². The lowest BCUT2D eigenvalue weighted by atomic mass is 10.0. The van der Waals surface area contributed by atoms with E-state index in [-0.39, 0.29) is 24.7 Å². The van der Waals surface area contributed by atoms with Crippen LogP contribution in [0.2, 0.25) is 0 Å². The summed E-state index contributed by atoms with van der Waals surface area (Å²) in [4.78, 5) is 12.3. The summed E-state index contributed by atoms with van der Waals surface area (Å²) >= 11 is 0. The molecule has 0 radical (unpaired) electrons. The van der Waals surface area contributed by atoms with Crippen molar-refractivity contribution >= 4 is 5.91 Å². The Morgan fingerprint density at radius 1 is 0.897 bits per heavy atom. The predicted molar refractivity (Wildman–Crippen MR) is 107 cm³/mol. The minimum absolute atomic E-state index is 0.133. The SMILES string of the molecule is O=C(Cc1ccc(-c2ccccc2)cc1)NCc1nnnn1-c1ccc(F)cc1. The van der Waals surface area contributed by atoms with Gasteiger partial charge in [-0.2, -0.15) is 4.68 Å². The first kappa shape index (κ1) is 18.5. The summed E-state index contributed by atoms with van der Waals surface area (Å²) in [5, 5.41) is 14.3. The van der Waals surface area contributed by atoms with Crippen LogP contribution in [-0.2, 0) is 17.8 Å². The second-order valence-corrected chi connectivity index (χ2v) is 6.50. The van der Waals surface area contributed by atoms with Gasteiger partial charge >= 0.3 is 0 Å². The molecule has 4 aromatic rings. The maximum absolute atomic E-state index is 13.1. The van der Waals surface area contributed by atoms with Gasteiger partial charge in [-0.15, -0.1) is 5.10 Å². The summed E-state index contributed by atoms with van der Waals surface area (Å²) in [5.41, 5.74) is 3.78. The number of rotatable bonds is 6. The molecular formula is C22H18FN5O. The van der Waals surface area contributed by atoms with Crippen LogP contribution < -0.4 is 5.32 Å². The minimum atomic E-state index is -0.338. The number of carbonyl (C=O) groups is 1. The molecule has 4 rings (SSSR count). The molecule has 0 aliphatic rings. The van der Waals surface area contributed by atoms with Gasteiger partial charge in [-0.3, -0.25) is 4.79 Å². The molecule has 0 atom stereocenters. The molecule has 0 spiro atoms. The Labute approximate surface area is 167 Å². The van der Waals surface area contributed by atoms with Crippen LogP contribution in [0, 0.1) is 5.82 Å². The van der Waals surface area contributed by atoms with Gasteiger partial charge in [-0.1, -0.05) is 54.6 Å². The number of nitrogens with one attached hydrogen (secondary N) is 1. The molecule has 0 unspecified atom stereocenters. The number of amides is 1. The lowest BCUT2D eigenvalue weighted by Gasteiger charge is -2.07. The van der Waals surface area contributed by atoms with Gasteiger partial charge in [0.05, 0.1) is 18.7 Å². The van der Waals surface area contributed by atoms with Crippen molar-refractivity contribution in [2.45, 2.75) is 13.0 Å². The van der Waals surface area contributed by atoms with E-state index in [0.717, 1.165) is 16.7 Å². The van der Waals surface area contributed by atoms with Gasteiger partial charge in [0.25, 0.3) is 0 Å². The van der Waals surface area contributed by atoms with Gasteiger partial charge in [0.1, 0.15) is 5.82 Å². The van der Waals surface area contributed by atoms with Crippen LogP contribution in [0.1, 0.15) is 11.4 Å². The fraction of sp³-hybridized carbons (Fsp3) is 0.0909. The molecule has 0 fully saturated rings. The molecule has 0 aliphatic heterocycles. The predicted octanol–water partition coefficient (Wildman–Crippen LogP) is 3.33. The molecule has 1 amide bonds. The van der Waals surface area contributed by atoms with E-state index in [1.165, 1.54) is 16.8 Å². The lowest BCUT2D eigenvalue weighted by molar-refractivity contribution is -0.120. The first-order valence-electron chi connectivity index (χ1n) is 9.13. The highest BCUT2D eigenvalue weighted by Gasteiger charge is 2.11. The molecule has 0 saturated carbocycles. The quantitative estimate of drug-likeness (QED) is 0.551. The van der Waals surface area contributed by atoms with Crippen LogP contribution in [0.4, 0.5) is 4.39 Å². The fourth-order valence-electron chi connectivity index (χ4n) is 2.97. The maximum atomic E-state index is 13.1. The fourth-order valence-corrected chi connectivity index (χ4v) is 2.97. The third-order valence-corrected chi connectivity index (χ3v) is 4.47. The third kappa shape index (κ3) is 4.52. The lowest BCUT2D eigenvalue weighted by Crippen LogP contribution is -2.26. The van der Waals surface area contributed by atoms with Gasteiger partial charge in [-0.25, -0.2) is 4.39 Å². The van der Waals surface area contributed by atoms with E-state index in [4.69, 9.17) is 0 Å². The van der Waals surface area contributed by atoms with Gasteiger partial charge in [0, 0.05) is 0 Å². The Kier molecular flexibility index (Phi) is 5.38. The minimum Gasteiger partial charge on any atom is -0.348 e. The molecule has 1 aromatic heterocycles. The first-order chi connectivity index (χ1) is 14.2. The Morgan fingerprint density at radius 3 is 2.31 bits per heavy atom. The smallest absolute Gasteiger partial charge is 0.224 e. The van der Waals surface area contributed by atoms with Crippen LogP contribution in [0.3, 0.4) is 0 Å². The number of tetrazole rings is 1. The Hall–Kier alpha value is -3.87. The standard InChI is InChI=1S/C22H18FN5O/c23-19-10-12-20(13-11-19)28-21(25-26-27-28)15-24-22(29)14-16-6-8-18(9-7-16)17-4-2-1-3-5-17/h1-13H,14-15H2,(H,24,29). The number of carbonyl (C=O) groups excluding carboxylic acids is 1. The van der Waals surface area contributed by atoms with Crippen molar-refractivity contribution in [2.24, 2.45) is 0 Å². The number of aromatic nitrogens is 4. The zero-order valence-electron chi connectivity index (χ0n) is 15.5. The average molecular weight is 387 g/mol. The topological polar surface area (TPSA) is 72.7 Å². The molecule has 7 heteroatoms. The number of hydrogen-bond donors (Lipinski definition) is 1. The van der Waals surface area contributed by atoms with Crippen molar-refractivity contribution in [1.29, 1.82) is 0 Å². The summed E-state index contributed by atoms with van der Waals surface area (Å²) in [5.74, 6) is -0.00883. The van der Waals surface area contributed by atoms with Gasteiger partial charge in [-0.05, 0) is 51.4 Å². The van der Waals surface area contributed by atoms with Crippen molar-refractivity contribution in [3.63, 3.8) is 0 Å². The number of hydrogen-bond acceptors (Lipinski definition) is 4. The molecule has 1 heterocycles. The van der Waals surface area contributed by atoms with Crippen molar-refractivity contribution in [3.8, 4) is 16.8 Å². The summed E-state index contributed by atoms with van der Waals surface area (Å²) in [6.07, 6.45) is 0.257. The van der Waals surface area contributed by atoms with Crippen LogP contribution in [0.25, 0.3) is 16.8 Å². The first-order valence-corrected chi connectivity index (χ1v) is 9.13. The molecule has 0 saturated heterocycles.